The van der Waals surface area contributed by atoms with Gasteiger partial charge in [0.2, 0.25) is 0 Å². The molecule has 0 aliphatic carbocycles. The van der Waals surface area contributed by atoms with Crippen molar-refractivity contribution in [3.05, 3.63) is 28.1 Å². The van der Waals surface area contributed by atoms with Crippen molar-refractivity contribution in [2.45, 2.75) is 33.1 Å². The standard InChI is InChI=1S/C16H20O/c1-5-8-10-15-12-16(17-4)13(7-3)11-14(15)9-6-2/h3,9-12H,5-6,8H2,1-2,4H3/b14-9-,15-10+. The predicted octanol–water partition coefficient (Wildman–Crippen LogP) is 2.45. The average molecular weight is 228 g/mol. The number of hydrogen-bond acceptors (Lipinski definition) is 1. The van der Waals surface area contributed by atoms with Crippen molar-refractivity contribution < 1.29 is 4.74 Å². The summed E-state index contributed by atoms with van der Waals surface area (Å²) in [5.41, 5.74) is 0.820. The molecule has 0 aliphatic heterocycles. The molecule has 0 N–H and O–H groups in total. The Kier molecular flexibility index (Phi) is 5.36. The summed E-state index contributed by atoms with van der Waals surface area (Å²) < 4.78 is 5.31. The Labute approximate surface area is 104 Å². The van der Waals surface area contributed by atoms with Crippen molar-refractivity contribution >= 4 is 12.2 Å². The first-order valence-corrected chi connectivity index (χ1v) is 6.11. The summed E-state index contributed by atoms with van der Waals surface area (Å²) in [6.07, 6.45) is 13.1. The van der Waals surface area contributed by atoms with Gasteiger partial charge in [-0.2, -0.15) is 0 Å². The minimum atomic E-state index is 0.781. The van der Waals surface area contributed by atoms with E-state index in [0.29, 0.717) is 0 Å². The Morgan fingerprint density at radius 1 is 1.24 bits per heavy atom. The lowest BCUT2D eigenvalue weighted by Gasteiger charge is -2.04. The van der Waals surface area contributed by atoms with Crippen molar-refractivity contribution in [1.29, 1.82) is 0 Å². The molecule has 1 nitrogen and oxygen atoms in total. The Balaban J connectivity index is 3.48. The van der Waals surface area contributed by atoms with E-state index in [9.17, 15) is 0 Å². The third-order valence-electron chi connectivity index (χ3n) is 2.64. The summed E-state index contributed by atoms with van der Waals surface area (Å²) in [7, 11) is 1.66. The van der Waals surface area contributed by atoms with Crippen LogP contribution in [0, 0.1) is 12.3 Å². The van der Waals surface area contributed by atoms with Gasteiger partial charge in [0.05, 0.1) is 12.7 Å². The molecule has 0 aliphatic rings. The molecule has 1 aromatic rings. The maximum absolute atomic E-state index is 5.49. The lowest BCUT2D eigenvalue weighted by Crippen LogP contribution is -2.25. The number of rotatable bonds is 4. The summed E-state index contributed by atoms with van der Waals surface area (Å²) in [6.45, 7) is 4.30. The lowest BCUT2D eigenvalue weighted by molar-refractivity contribution is 0.413. The van der Waals surface area contributed by atoms with Crippen molar-refractivity contribution in [2.75, 3.05) is 7.11 Å². The summed E-state index contributed by atoms with van der Waals surface area (Å²) in [5, 5.41) is 2.42. The Morgan fingerprint density at radius 2 is 1.94 bits per heavy atom. The highest BCUT2D eigenvalue weighted by molar-refractivity contribution is 5.48. The van der Waals surface area contributed by atoms with E-state index in [2.05, 4.69) is 31.9 Å². The maximum Gasteiger partial charge on any atom is 0.135 e. The van der Waals surface area contributed by atoms with Crippen LogP contribution in [0.5, 0.6) is 5.75 Å². The van der Waals surface area contributed by atoms with Crippen molar-refractivity contribution in [2.24, 2.45) is 0 Å². The van der Waals surface area contributed by atoms with Gasteiger partial charge >= 0.3 is 0 Å². The molecule has 0 unspecified atom stereocenters. The topological polar surface area (TPSA) is 9.23 Å². The van der Waals surface area contributed by atoms with Crippen LogP contribution in [0.25, 0.3) is 12.2 Å². The van der Waals surface area contributed by atoms with Gasteiger partial charge in [-0.1, -0.05) is 38.3 Å². The normalized spacial score (nSPS) is 12.6. The van der Waals surface area contributed by atoms with E-state index in [1.54, 1.807) is 7.11 Å². The van der Waals surface area contributed by atoms with Crippen LogP contribution in [0.1, 0.15) is 38.7 Å². The molecule has 0 amide bonds. The highest BCUT2D eigenvalue weighted by Gasteiger charge is 2.00. The van der Waals surface area contributed by atoms with Crippen LogP contribution >= 0.6 is 0 Å². The molecule has 90 valence electrons. The van der Waals surface area contributed by atoms with E-state index in [1.807, 2.05) is 12.1 Å². The van der Waals surface area contributed by atoms with Gasteiger partial charge in [0.25, 0.3) is 0 Å². The Hall–Kier alpha value is -1.68. The predicted molar refractivity (Wildman–Crippen MR) is 74.3 cm³/mol. The van der Waals surface area contributed by atoms with Gasteiger partial charge in [0.1, 0.15) is 5.75 Å². The average Bonchev–Trinajstić information content (AvgIpc) is 2.37. The third kappa shape index (κ3) is 3.39. The zero-order valence-electron chi connectivity index (χ0n) is 10.9. The molecule has 0 bridgehead atoms. The number of hydrogen-bond donors (Lipinski definition) is 0. The monoisotopic (exact) mass is 228 g/mol. The fourth-order valence-corrected chi connectivity index (χ4v) is 1.77. The van der Waals surface area contributed by atoms with Crippen LogP contribution in [-0.4, -0.2) is 7.11 Å². The summed E-state index contributed by atoms with van der Waals surface area (Å²) in [4.78, 5) is 0. The Bertz CT molecular complexity index is 518. The van der Waals surface area contributed by atoms with E-state index >= 15 is 0 Å². The molecule has 1 heteroatoms. The quantitative estimate of drug-likeness (QED) is 0.719. The van der Waals surface area contributed by atoms with Gasteiger partial charge in [-0.25, -0.2) is 0 Å². The van der Waals surface area contributed by atoms with Crippen LogP contribution in [-0.2, 0) is 0 Å². The van der Waals surface area contributed by atoms with E-state index < -0.39 is 0 Å². The first-order valence-electron chi connectivity index (χ1n) is 6.11. The fraction of sp³-hybridized carbons (Fsp3) is 0.375. The van der Waals surface area contributed by atoms with Crippen LogP contribution in [0.15, 0.2) is 12.1 Å². The molecule has 0 atom stereocenters. The molecule has 0 spiro atoms. The van der Waals surface area contributed by atoms with Crippen molar-refractivity contribution in [3.63, 3.8) is 0 Å². The highest BCUT2D eigenvalue weighted by Crippen LogP contribution is 2.11. The molecular weight excluding hydrogens is 208 g/mol. The number of benzene rings is 1. The van der Waals surface area contributed by atoms with Gasteiger partial charge in [-0.05, 0) is 35.4 Å². The molecule has 0 radical (unpaired) electrons. The zero-order valence-corrected chi connectivity index (χ0v) is 10.9. The van der Waals surface area contributed by atoms with Gasteiger partial charge in [-0.3, -0.25) is 0 Å². The summed E-state index contributed by atoms with van der Waals surface area (Å²) >= 11 is 0. The lowest BCUT2D eigenvalue weighted by atomic mass is 10.1. The van der Waals surface area contributed by atoms with Gasteiger partial charge in [-0.15, -0.1) is 6.42 Å². The molecule has 1 aromatic carbocycles. The minimum Gasteiger partial charge on any atom is -0.495 e. The Morgan fingerprint density at radius 3 is 2.47 bits per heavy atom. The van der Waals surface area contributed by atoms with E-state index in [4.69, 9.17) is 11.2 Å². The van der Waals surface area contributed by atoms with E-state index in [0.717, 1.165) is 30.6 Å². The number of methoxy groups -OCH3 is 1. The smallest absolute Gasteiger partial charge is 0.135 e. The van der Waals surface area contributed by atoms with Crippen molar-refractivity contribution in [1.82, 2.24) is 0 Å². The van der Waals surface area contributed by atoms with Crippen LogP contribution in [0.3, 0.4) is 0 Å². The second-order valence-corrected chi connectivity index (χ2v) is 3.93. The molecular formula is C16H20O. The van der Waals surface area contributed by atoms with E-state index in [-0.39, 0.29) is 0 Å². The molecule has 0 aromatic heterocycles. The van der Waals surface area contributed by atoms with Crippen molar-refractivity contribution in [3.8, 4) is 18.1 Å². The van der Waals surface area contributed by atoms with Gasteiger partial charge in [0.15, 0.2) is 0 Å². The second kappa shape index (κ2) is 6.81. The molecule has 1 rings (SSSR count). The molecule has 0 saturated carbocycles. The minimum absolute atomic E-state index is 0.781. The first-order chi connectivity index (χ1) is 8.26. The molecule has 17 heavy (non-hydrogen) atoms. The summed E-state index contributed by atoms with van der Waals surface area (Å²) in [5.74, 6) is 3.45. The first kappa shape index (κ1) is 13.4. The number of terminal acetylenes is 1. The molecule has 0 fully saturated rings. The zero-order chi connectivity index (χ0) is 12.7. The van der Waals surface area contributed by atoms with Gasteiger partial charge in [0, 0.05) is 0 Å². The third-order valence-corrected chi connectivity index (χ3v) is 2.64. The van der Waals surface area contributed by atoms with Crippen LogP contribution < -0.4 is 15.2 Å². The van der Waals surface area contributed by atoms with Gasteiger partial charge < -0.3 is 4.74 Å². The van der Waals surface area contributed by atoms with Crippen LogP contribution in [0.4, 0.5) is 0 Å². The molecule has 0 heterocycles. The SMILES string of the molecule is C#Cc1cc(=C/CC)/c(=C/CCC)cc1OC. The number of ether oxygens (including phenoxy) is 1. The maximum atomic E-state index is 5.49. The number of unbranched alkanes of at least 4 members (excludes halogenated alkanes) is 1. The highest BCUT2D eigenvalue weighted by atomic mass is 16.5. The largest absolute Gasteiger partial charge is 0.495 e. The summed E-state index contributed by atoms with van der Waals surface area (Å²) in [6, 6.07) is 4.07. The van der Waals surface area contributed by atoms with Crippen LogP contribution in [0.2, 0.25) is 0 Å². The molecule has 0 saturated heterocycles. The fourth-order valence-electron chi connectivity index (χ4n) is 1.77. The van der Waals surface area contributed by atoms with E-state index in [1.165, 1.54) is 10.4 Å². The second-order valence-electron chi connectivity index (χ2n) is 3.93.